The Hall–Kier alpha value is -0.810. The average molecular weight is 331 g/mol. The predicted octanol–water partition coefficient (Wildman–Crippen LogP) is 2.87. The molecule has 1 aromatic carbocycles. The van der Waals surface area contributed by atoms with E-state index < -0.39 is 0 Å². The van der Waals surface area contributed by atoms with Crippen LogP contribution in [0, 0.1) is 0 Å². The van der Waals surface area contributed by atoms with Gasteiger partial charge in [0.2, 0.25) is 0 Å². The summed E-state index contributed by atoms with van der Waals surface area (Å²) in [6.45, 7) is 7.68. The fourth-order valence-corrected chi connectivity index (χ4v) is 2.82. The molecule has 0 aromatic heterocycles. The van der Waals surface area contributed by atoms with Gasteiger partial charge in [0.25, 0.3) is 0 Å². The van der Waals surface area contributed by atoms with E-state index in [-0.39, 0.29) is 11.9 Å². The van der Waals surface area contributed by atoms with Crippen LogP contribution in [0.1, 0.15) is 24.2 Å². The van der Waals surface area contributed by atoms with Gasteiger partial charge in [0.15, 0.2) is 5.78 Å². The van der Waals surface area contributed by atoms with Crippen molar-refractivity contribution < 1.29 is 9.53 Å². The first-order chi connectivity index (χ1) is 9.97. The second kappa shape index (κ2) is 7.45. The first kappa shape index (κ1) is 16.6. The Kier molecular flexibility index (Phi) is 5.88. The van der Waals surface area contributed by atoms with Crippen molar-refractivity contribution in [3.8, 4) is 5.75 Å². The summed E-state index contributed by atoms with van der Waals surface area (Å²) in [4.78, 5) is 14.7. The monoisotopic (exact) mass is 330 g/mol. The van der Waals surface area contributed by atoms with Crippen LogP contribution in [0.2, 0.25) is 10.0 Å². The first-order valence-corrected chi connectivity index (χ1v) is 7.85. The Labute approximate surface area is 135 Å². The fraction of sp³-hybridized carbons (Fsp3) is 0.533. The molecule has 0 bridgehead atoms. The van der Waals surface area contributed by atoms with Crippen LogP contribution in [0.3, 0.4) is 0 Å². The first-order valence-electron chi connectivity index (χ1n) is 7.09. The number of piperazine rings is 1. The lowest BCUT2D eigenvalue weighted by Crippen LogP contribution is -2.45. The zero-order valence-electron chi connectivity index (χ0n) is 12.3. The normalized spacial score (nSPS) is 16.2. The van der Waals surface area contributed by atoms with Crippen molar-refractivity contribution in [1.29, 1.82) is 0 Å². The molecule has 1 heterocycles. The van der Waals surface area contributed by atoms with Crippen LogP contribution in [-0.4, -0.2) is 49.5 Å². The maximum absolute atomic E-state index is 12.6. The molecule has 0 radical (unpaired) electrons. The summed E-state index contributed by atoms with van der Waals surface area (Å²) in [6, 6.07) is 3.23. The summed E-state index contributed by atoms with van der Waals surface area (Å²) >= 11 is 12.2. The summed E-state index contributed by atoms with van der Waals surface area (Å²) in [5.41, 5.74) is 0.458. The lowest BCUT2D eigenvalue weighted by atomic mass is 10.1. The maximum atomic E-state index is 12.6. The van der Waals surface area contributed by atoms with Gasteiger partial charge in [0, 0.05) is 31.2 Å². The molecule has 0 saturated carbocycles. The van der Waals surface area contributed by atoms with Crippen molar-refractivity contribution in [3.05, 3.63) is 27.7 Å². The average Bonchev–Trinajstić information content (AvgIpc) is 2.42. The minimum absolute atomic E-state index is 0.0167. The van der Waals surface area contributed by atoms with E-state index in [1.807, 2.05) is 13.8 Å². The van der Waals surface area contributed by atoms with Crippen LogP contribution >= 0.6 is 23.2 Å². The third-order valence-corrected chi connectivity index (χ3v) is 3.74. The number of nitrogens with zero attached hydrogens (tertiary/aromatic N) is 1. The number of carbonyl (C=O) groups is 1. The topological polar surface area (TPSA) is 41.6 Å². The van der Waals surface area contributed by atoms with Gasteiger partial charge in [-0.25, -0.2) is 0 Å². The molecule has 1 aliphatic heterocycles. The van der Waals surface area contributed by atoms with Crippen molar-refractivity contribution >= 4 is 29.0 Å². The minimum Gasteiger partial charge on any atom is -0.489 e. The number of rotatable bonds is 5. The molecule has 0 atom stereocenters. The van der Waals surface area contributed by atoms with E-state index in [2.05, 4.69) is 10.2 Å². The number of nitrogens with one attached hydrogen (secondary N) is 1. The lowest BCUT2D eigenvalue weighted by Gasteiger charge is -2.26. The minimum atomic E-state index is -0.0607. The second-order valence-corrected chi connectivity index (χ2v) is 6.22. The van der Waals surface area contributed by atoms with Crippen LogP contribution in [0.25, 0.3) is 0 Å². The van der Waals surface area contributed by atoms with E-state index in [0.29, 0.717) is 27.9 Å². The smallest absolute Gasteiger partial charge is 0.180 e. The van der Waals surface area contributed by atoms with Gasteiger partial charge >= 0.3 is 0 Å². The zero-order chi connectivity index (χ0) is 15.4. The van der Waals surface area contributed by atoms with Crippen molar-refractivity contribution in [2.24, 2.45) is 0 Å². The Morgan fingerprint density at radius 2 is 2.00 bits per heavy atom. The van der Waals surface area contributed by atoms with Crippen LogP contribution in [0.15, 0.2) is 12.1 Å². The highest BCUT2D eigenvalue weighted by molar-refractivity contribution is 6.36. The number of carbonyl (C=O) groups excluding carboxylic acids is 1. The highest BCUT2D eigenvalue weighted by Gasteiger charge is 2.21. The molecule has 21 heavy (non-hydrogen) atoms. The van der Waals surface area contributed by atoms with E-state index in [9.17, 15) is 4.79 Å². The van der Waals surface area contributed by atoms with Gasteiger partial charge in [0.1, 0.15) is 5.75 Å². The predicted molar refractivity (Wildman–Crippen MR) is 85.9 cm³/mol. The van der Waals surface area contributed by atoms with Gasteiger partial charge < -0.3 is 10.1 Å². The molecule has 0 unspecified atom stereocenters. The molecule has 0 aliphatic carbocycles. The zero-order valence-corrected chi connectivity index (χ0v) is 13.8. The molecular formula is C15H20Cl2N2O2. The molecule has 2 rings (SSSR count). The maximum Gasteiger partial charge on any atom is 0.180 e. The summed E-state index contributed by atoms with van der Waals surface area (Å²) in [6.07, 6.45) is -0.0607. The van der Waals surface area contributed by atoms with E-state index in [4.69, 9.17) is 27.9 Å². The SMILES string of the molecule is CC(C)Oc1c(Cl)cc(Cl)cc1C(=O)CN1CCNCC1. The third kappa shape index (κ3) is 4.58. The standard InChI is InChI=1S/C15H20Cl2N2O2/c1-10(2)21-15-12(7-11(16)8-13(15)17)14(20)9-19-5-3-18-4-6-19/h7-8,10,18H,3-6,9H2,1-2H3. The van der Waals surface area contributed by atoms with Gasteiger partial charge in [-0.05, 0) is 26.0 Å². The number of ketones is 1. The quantitative estimate of drug-likeness (QED) is 0.843. The lowest BCUT2D eigenvalue weighted by molar-refractivity contribution is 0.0916. The van der Waals surface area contributed by atoms with E-state index in [1.54, 1.807) is 12.1 Å². The number of hydrogen-bond donors (Lipinski definition) is 1. The molecule has 0 spiro atoms. The summed E-state index contributed by atoms with van der Waals surface area (Å²) in [5, 5.41) is 4.08. The number of hydrogen-bond acceptors (Lipinski definition) is 4. The Balaban J connectivity index is 2.21. The molecular weight excluding hydrogens is 311 g/mol. The Morgan fingerprint density at radius 3 is 2.62 bits per heavy atom. The van der Waals surface area contributed by atoms with Gasteiger partial charge in [0.05, 0.1) is 23.2 Å². The fourth-order valence-electron chi connectivity index (χ4n) is 2.28. The van der Waals surface area contributed by atoms with Gasteiger partial charge in [-0.2, -0.15) is 0 Å². The largest absolute Gasteiger partial charge is 0.489 e. The third-order valence-electron chi connectivity index (χ3n) is 3.24. The molecule has 1 N–H and O–H groups in total. The molecule has 6 heteroatoms. The van der Waals surface area contributed by atoms with Gasteiger partial charge in [-0.1, -0.05) is 23.2 Å². The van der Waals surface area contributed by atoms with E-state index in [1.165, 1.54) is 0 Å². The number of Topliss-reactive ketones (excluding diaryl/α,β-unsaturated/α-hetero) is 1. The Bertz CT molecular complexity index is 515. The summed E-state index contributed by atoms with van der Waals surface area (Å²) in [7, 11) is 0. The van der Waals surface area contributed by atoms with Crippen molar-refractivity contribution in [2.45, 2.75) is 20.0 Å². The highest BCUT2D eigenvalue weighted by atomic mass is 35.5. The van der Waals surface area contributed by atoms with E-state index in [0.717, 1.165) is 26.2 Å². The Morgan fingerprint density at radius 1 is 1.33 bits per heavy atom. The van der Waals surface area contributed by atoms with Crippen LogP contribution < -0.4 is 10.1 Å². The number of halogens is 2. The van der Waals surface area contributed by atoms with Crippen molar-refractivity contribution in [1.82, 2.24) is 10.2 Å². The molecule has 4 nitrogen and oxygen atoms in total. The summed E-state index contributed by atoms with van der Waals surface area (Å²) < 4.78 is 5.70. The van der Waals surface area contributed by atoms with Crippen molar-refractivity contribution in [3.63, 3.8) is 0 Å². The van der Waals surface area contributed by atoms with Crippen LogP contribution in [-0.2, 0) is 0 Å². The molecule has 1 fully saturated rings. The molecule has 116 valence electrons. The molecule has 0 amide bonds. The summed E-state index contributed by atoms with van der Waals surface area (Å²) in [5.74, 6) is 0.410. The van der Waals surface area contributed by atoms with Crippen molar-refractivity contribution in [2.75, 3.05) is 32.7 Å². The number of benzene rings is 1. The molecule has 1 aliphatic rings. The second-order valence-electron chi connectivity index (χ2n) is 5.38. The van der Waals surface area contributed by atoms with Gasteiger partial charge in [-0.3, -0.25) is 9.69 Å². The van der Waals surface area contributed by atoms with Crippen LogP contribution in [0.5, 0.6) is 5.75 Å². The molecule has 1 saturated heterocycles. The van der Waals surface area contributed by atoms with E-state index >= 15 is 0 Å². The highest BCUT2D eigenvalue weighted by Crippen LogP contribution is 2.33. The molecule has 1 aromatic rings. The van der Waals surface area contributed by atoms with Crippen LogP contribution in [0.4, 0.5) is 0 Å². The van der Waals surface area contributed by atoms with Gasteiger partial charge in [-0.15, -0.1) is 0 Å². The number of ether oxygens (including phenoxy) is 1.